The van der Waals surface area contributed by atoms with Crippen molar-refractivity contribution in [2.45, 2.75) is 25.2 Å². The molecule has 0 aliphatic heterocycles. The molecule has 1 atom stereocenters. The van der Waals surface area contributed by atoms with E-state index in [0.29, 0.717) is 0 Å². The molecule has 5 nitrogen and oxygen atoms in total. The fourth-order valence-electron chi connectivity index (χ4n) is 1.39. The van der Waals surface area contributed by atoms with Gasteiger partial charge in [0.1, 0.15) is 4.90 Å². The molecule has 0 radical (unpaired) electrons. The fourth-order valence-corrected chi connectivity index (χ4v) is 3.29. The Labute approximate surface area is 125 Å². The van der Waals surface area contributed by atoms with E-state index in [1.54, 1.807) is 0 Å². The Bertz CT molecular complexity index is 618. The quantitative estimate of drug-likeness (QED) is 0.809. The largest absolute Gasteiger partial charge is 0.478 e. The van der Waals surface area contributed by atoms with Crippen molar-refractivity contribution in [3.63, 3.8) is 0 Å². The van der Waals surface area contributed by atoms with Gasteiger partial charge in [-0.2, -0.15) is 0 Å². The van der Waals surface area contributed by atoms with Crippen LogP contribution in [0.2, 0.25) is 0 Å². The van der Waals surface area contributed by atoms with Crippen molar-refractivity contribution in [1.82, 2.24) is 4.72 Å². The van der Waals surface area contributed by atoms with Crippen LogP contribution in [0.1, 0.15) is 30.6 Å². The third-order valence-electron chi connectivity index (χ3n) is 2.84. The molecular formula is C12H15BrFNO4S. The minimum atomic E-state index is -4.09. The van der Waals surface area contributed by atoms with Crippen molar-refractivity contribution in [1.29, 1.82) is 0 Å². The summed E-state index contributed by atoms with van der Waals surface area (Å²) in [5.74, 6) is -2.70. The van der Waals surface area contributed by atoms with Crippen LogP contribution >= 0.6 is 15.9 Å². The van der Waals surface area contributed by atoms with Crippen molar-refractivity contribution >= 4 is 31.9 Å². The van der Waals surface area contributed by atoms with Gasteiger partial charge in [-0.3, -0.25) is 0 Å². The number of nitrogens with one attached hydrogen (secondary N) is 1. The number of sulfonamides is 1. The fraction of sp³-hybridized carbons (Fsp3) is 0.417. The Hall–Kier alpha value is -0.990. The van der Waals surface area contributed by atoms with E-state index in [4.69, 9.17) is 5.11 Å². The van der Waals surface area contributed by atoms with Gasteiger partial charge in [0.15, 0.2) is 5.82 Å². The molecule has 0 saturated carbocycles. The van der Waals surface area contributed by atoms with Crippen LogP contribution in [0.3, 0.4) is 0 Å². The summed E-state index contributed by atoms with van der Waals surface area (Å²) in [6.07, 6.45) is 0.768. The third kappa shape index (κ3) is 4.00. The van der Waals surface area contributed by atoms with Gasteiger partial charge in [-0.1, -0.05) is 36.2 Å². The Balaban J connectivity index is 3.21. The second kappa shape index (κ2) is 6.64. The molecule has 1 rings (SSSR count). The van der Waals surface area contributed by atoms with Crippen LogP contribution in [0.5, 0.6) is 0 Å². The van der Waals surface area contributed by atoms with E-state index in [-0.39, 0.29) is 16.9 Å². The van der Waals surface area contributed by atoms with Gasteiger partial charge in [-0.05, 0) is 18.1 Å². The van der Waals surface area contributed by atoms with E-state index in [1.165, 1.54) is 0 Å². The topological polar surface area (TPSA) is 83.5 Å². The first-order chi connectivity index (χ1) is 9.19. The zero-order chi connectivity index (χ0) is 15.5. The van der Waals surface area contributed by atoms with Gasteiger partial charge in [0.05, 0.1) is 5.56 Å². The van der Waals surface area contributed by atoms with Crippen molar-refractivity contribution in [2.24, 2.45) is 5.92 Å². The lowest BCUT2D eigenvalue weighted by atomic mass is 10.1. The van der Waals surface area contributed by atoms with Crippen LogP contribution in [-0.4, -0.2) is 26.0 Å². The average Bonchev–Trinajstić information content (AvgIpc) is 2.37. The maximum Gasteiger partial charge on any atom is 0.338 e. The van der Waals surface area contributed by atoms with Crippen molar-refractivity contribution in [2.75, 3.05) is 6.54 Å². The van der Waals surface area contributed by atoms with Crippen LogP contribution in [0.15, 0.2) is 21.5 Å². The van der Waals surface area contributed by atoms with Crippen LogP contribution in [-0.2, 0) is 10.0 Å². The van der Waals surface area contributed by atoms with E-state index in [2.05, 4.69) is 20.7 Å². The van der Waals surface area contributed by atoms with Gasteiger partial charge in [-0.15, -0.1) is 0 Å². The molecule has 112 valence electrons. The SMILES string of the molecule is CCC(C)CNS(=O)(=O)c1cc(Br)cc(C(=O)O)c1F. The van der Waals surface area contributed by atoms with Gasteiger partial charge in [0.25, 0.3) is 0 Å². The Kier molecular flexibility index (Phi) is 5.67. The number of benzene rings is 1. The number of halogens is 2. The minimum absolute atomic E-state index is 0.0962. The van der Waals surface area contributed by atoms with Crippen molar-refractivity contribution < 1.29 is 22.7 Å². The lowest BCUT2D eigenvalue weighted by Crippen LogP contribution is -2.29. The summed E-state index contributed by atoms with van der Waals surface area (Å²) in [5, 5.41) is 8.86. The Morgan fingerprint density at radius 1 is 1.50 bits per heavy atom. The molecule has 0 aliphatic rings. The Morgan fingerprint density at radius 2 is 2.10 bits per heavy atom. The smallest absolute Gasteiger partial charge is 0.338 e. The summed E-state index contributed by atoms with van der Waals surface area (Å²) < 4.78 is 40.5. The van der Waals surface area contributed by atoms with Crippen molar-refractivity contribution in [3.8, 4) is 0 Å². The molecule has 0 saturated heterocycles. The number of carbonyl (C=O) groups is 1. The molecule has 0 aliphatic carbocycles. The molecule has 2 N–H and O–H groups in total. The number of carboxylic acid groups (broad SMARTS) is 1. The molecular weight excluding hydrogens is 353 g/mol. The molecule has 1 aromatic rings. The van der Waals surface area contributed by atoms with Gasteiger partial charge in [0, 0.05) is 11.0 Å². The molecule has 1 unspecified atom stereocenters. The van der Waals surface area contributed by atoms with Crippen LogP contribution in [0.4, 0.5) is 4.39 Å². The van der Waals surface area contributed by atoms with Gasteiger partial charge < -0.3 is 5.11 Å². The summed E-state index contributed by atoms with van der Waals surface area (Å²) in [6, 6.07) is 2.06. The van der Waals surface area contributed by atoms with Gasteiger partial charge in [-0.25, -0.2) is 22.3 Å². The van der Waals surface area contributed by atoms with E-state index in [0.717, 1.165) is 18.6 Å². The number of hydrogen-bond donors (Lipinski definition) is 2. The first-order valence-corrected chi connectivity index (χ1v) is 8.18. The third-order valence-corrected chi connectivity index (χ3v) is 4.72. The average molecular weight is 368 g/mol. The van der Waals surface area contributed by atoms with Crippen LogP contribution in [0, 0.1) is 11.7 Å². The standard InChI is InChI=1S/C12H15BrFNO4S/c1-3-7(2)6-15-20(18,19)10-5-8(13)4-9(11(10)14)12(16)17/h4-5,7,15H,3,6H2,1-2H3,(H,16,17). The highest BCUT2D eigenvalue weighted by Crippen LogP contribution is 2.24. The molecule has 8 heteroatoms. The van der Waals surface area contributed by atoms with E-state index in [1.807, 2.05) is 13.8 Å². The van der Waals surface area contributed by atoms with E-state index >= 15 is 0 Å². The maximum absolute atomic E-state index is 14.0. The highest BCUT2D eigenvalue weighted by Gasteiger charge is 2.25. The predicted octanol–water partition coefficient (Wildman–Crippen LogP) is 2.61. The summed E-state index contributed by atoms with van der Waals surface area (Å²) >= 11 is 2.98. The van der Waals surface area contributed by atoms with E-state index in [9.17, 15) is 17.6 Å². The number of carboxylic acids is 1. The highest BCUT2D eigenvalue weighted by atomic mass is 79.9. The second-order valence-corrected chi connectivity index (χ2v) is 7.09. The molecule has 20 heavy (non-hydrogen) atoms. The molecule has 0 bridgehead atoms. The zero-order valence-corrected chi connectivity index (χ0v) is 13.4. The Morgan fingerprint density at radius 3 is 2.60 bits per heavy atom. The summed E-state index contributed by atoms with van der Waals surface area (Å²) in [7, 11) is -4.09. The lowest BCUT2D eigenvalue weighted by Gasteiger charge is -2.12. The highest BCUT2D eigenvalue weighted by molar-refractivity contribution is 9.10. The maximum atomic E-state index is 14.0. The first kappa shape index (κ1) is 17.1. The van der Waals surface area contributed by atoms with Crippen molar-refractivity contribution in [3.05, 3.63) is 28.0 Å². The second-order valence-electron chi connectivity index (χ2n) is 4.44. The normalized spacial score (nSPS) is 13.2. The minimum Gasteiger partial charge on any atom is -0.478 e. The summed E-state index contributed by atoms with van der Waals surface area (Å²) in [4.78, 5) is 10.2. The summed E-state index contributed by atoms with van der Waals surface area (Å²) in [6.45, 7) is 3.91. The predicted molar refractivity (Wildman–Crippen MR) is 75.7 cm³/mol. The van der Waals surface area contributed by atoms with Gasteiger partial charge >= 0.3 is 5.97 Å². The van der Waals surface area contributed by atoms with Crippen LogP contribution < -0.4 is 4.72 Å². The van der Waals surface area contributed by atoms with Crippen LogP contribution in [0.25, 0.3) is 0 Å². The molecule has 0 aromatic heterocycles. The number of rotatable bonds is 6. The molecule has 0 spiro atoms. The summed E-state index contributed by atoms with van der Waals surface area (Å²) in [5.41, 5.74) is -0.691. The molecule has 0 heterocycles. The van der Waals surface area contributed by atoms with E-state index < -0.39 is 32.3 Å². The number of hydrogen-bond acceptors (Lipinski definition) is 3. The molecule has 1 aromatic carbocycles. The molecule has 0 fully saturated rings. The zero-order valence-electron chi connectivity index (χ0n) is 11.0. The first-order valence-electron chi connectivity index (χ1n) is 5.91. The lowest BCUT2D eigenvalue weighted by molar-refractivity contribution is 0.0691. The number of aromatic carboxylic acids is 1. The monoisotopic (exact) mass is 367 g/mol. The molecule has 0 amide bonds. The van der Waals surface area contributed by atoms with Gasteiger partial charge in [0.2, 0.25) is 10.0 Å².